The van der Waals surface area contributed by atoms with Crippen molar-refractivity contribution < 1.29 is 13.2 Å². The van der Waals surface area contributed by atoms with Crippen LogP contribution in [0.15, 0.2) is 6.20 Å². The van der Waals surface area contributed by atoms with Gasteiger partial charge in [-0.05, 0) is 6.42 Å². The van der Waals surface area contributed by atoms with Crippen LogP contribution >= 0.6 is 0 Å². The fourth-order valence-corrected chi connectivity index (χ4v) is 1.82. The molecule has 2 rings (SSSR count). The van der Waals surface area contributed by atoms with E-state index in [1.54, 1.807) is 6.92 Å². The number of alkyl halides is 3. The first kappa shape index (κ1) is 13.4. The summed E-state index contributed by atoms with van der Waals surface area (Å²) >= 11 is 0. The first-order valence-electron chi connectivity index (χ1n) is 5.69. The van der Waals surface area contributed by atoms with Crippen molar-refractivity contribution >= 4 is 22.8 Å². The number of hydrogen-bond acceptors (Lipinski definition) is 5. The minimum atomic E-state index is -4.31. The zero-order valence-electron chi connectivity index (χ0n) is 10.2. The van der Waals surface area contributed by atoms with Crippen molar-refractivity contribution in [1.29, 1.82) is 0 Å². The molecule has 3 N–H and O–H groups in total. The van der Waals surface area contributed by atoms with Gasteiger partial charge in [-0.15, -0.1) is 0 Å². The monoisotopic (exact) mass is 274 g/mol. The highest BCUT2D eigenvalue weighted by molar-refractivity contribution is 5.87. The van der Waals surface area contributed by atoms with Crippen LogP contribution in [0.1, 0.15) is 13.3 Å². The van der Waals surface area contributed by atoms with Crippen molar-refractivity contribution in [2.45, 2.75) is 19.5 Å². The fraction of sp³-hybridized carbons (Fsp3) is 0.500. The predicted octanol–water partition coefficient (Wildman–Crippen LogP) is 1.71. The zero-order valence-corrected chi connectivity index (χ0v) is 10.2. The highest BCUT2D eigenvalue weighted by Gasteiger charge is 2.32. The van der Waals surface area contributed by atoms with Crippen LogP contribution in [0.25, 0.3) is 11.0 Å². The van der Waals surface area contributed by atoms with E-state index in [4.69, 9.17) is 5.73 Å². The second-order valence-electron chi connectivity index (χ2n) is 4.07. The molecule has 0 aromatic carbocycles. The lowest BCUT2D eigenvalue weighted by atomic mass is 10.3. The summed E-state index contributed by atoms with van der Waals surface area (Å²) in [7, 11) is 0. The largest absolute Gasteiger partial charge is 0.405 e. The molecule has 0 unspecified atom stereocenters. The topological polar surface area (TPSA) is 83.7 Å². The number of nitrogens with two attached hydrogens (primary N) is 1. The molecule has 0 saturated carbocycles. The van der Waals surface area contributed by atoms with Crippen LogP contribution in [0.4, 0.5) is 24.9 Å². The van der Waals surface area contributed by atoms with E-state index in [9.17, 15) is 13.2 Å². The number of nitrogens with zero attached hydrogens (tertiary/aromatic N) is 4. The molecule has 0 bridgehead atoms. The van der Waals surface area contributed by atoms with Gasteiger partial charge in [-0.3, -0.25) is 5.10 Å². The Labute approximate surface area is 106 Å². The second-order valence-corrected chi connectivity index (χ2v) is 4.07. The number of hydrogen-bond donors (Lipinski definition) is 2. The predicted molar refractivity (Wildman–Crippen MR) is 64.7 cm³/mol. The van der Waals surface area contributed by atoms with Gasteiger partial charge in [-0.25, -0.2) is 0 Å². The van der Waals surface area contributed by atoms with Crippen LogP contribution in [-0.4, -0.2) is 39.4 Å². The van der Waals surface area contributed by atoms with Crippen molar-refractivity contribution in [2.75, 3.05) is 23.7 Å². The van der Waals surface area contributed by atoms with Crippen LogP contribution in [0, 0.1) is 0 Å². The van der Waals surface area contributed by atoms with E-state index in [2.05, 4.69) is 20.2 Å². The molecule has 0 radical (unpaired) electrons. The third-order valence-corrected chi connectivity index (χ3v) is 2.47. The Morgan fingerprint density at radius 2 is 2.11 bits per heavy atom. The van der Waals surface area contributed by atoms with Crippen LogP contribution in [-0.2, 0) is 0 Å². The summed E-state index contributed by atoms with van der Waals surface area (Å²) in [6.45, 7) is 0.925. The van der Waals surface area contributed by atoms with Crippen molar-refractivity contribution in [3.05, 3.63) is 6.20 Å². The Balaban J connectivity index is 2.45. The number of nitrogen functional groups attached to an aromatic ring is 1. The van der Waals surface area contributed by atoms with Crippen molar-refractivity contribution in [3.63, 3.8) is 0 Å². The molecule has 0 amide bonds. The molecule has 19 heavy (non-hydrogen) atoms. The van der Waals surface area contributed by atoms with Gasteiger partial charge in [0.1, 0.15) is 12.4 Å². The highest BCUT2D eigenvalue weighted by atomic mass is 19.4. The molecule has 0 spiro atoms. The van der Waals surface area contributed by atoms with E-state index < -0.39 is 12.7 Å². The van der Waals surface area contributed by atoms with Gasteiger partial charge in [0.05, 0.1) is 11.6 Å². The lowest BCUT2D eigenvalue weighted by Gasteiger charge is -2.24. The van der Waals surface area contributed by atoms with E-state index in [1.165, 1.54) is 6.20 Å². The summed E-state index contributed by atoms with van der Waals surface area (Å²) < 4.78 is 37.8. The first-order chi connectivity index (χ1) is 8.90. The molecular weight excluding hydrogens is 261 g/mol. The molecule has 0 atom stereocenters. The lowest BCUT2D eigenvalue weighted by Crippen LogP contribution is -2.35. The average molecular weight is 274 g/mol. The molecule has 104 valence electrons. The molecule has 9 heteroatoms. The average Bonchev–Trinajstić information content (AvgIpc) is 2.73. The Morgan fingerprint density at radius 1 is 1.37 bits per heavy atom. The van der Waals surface area contributed by atoms with Gasteiger partial charge in [0, 0.05) is 6.54 Å². The summed E-state index contributed by atoms with van der Waals surface area (Å²) in [5.41, 5.74) is 5.83. The fourth-order valence-electron chi connectivity index (χ4n) is 1.82. The second kappa shape index (κ2) is 4.90. The van der Waals surface area contributed by atoms with Crippen LogP contribution < -0.4 is 10.6 Å². The SMILES string of the molecule is CCCN(CC(F)(F)F)c1nc(N)nc2[nH]ncc12. The summed E-state index contributed by atoms with van der Waals surface area (Å²) in [4.78, 5) is 8.92. The third kappa shape index (κ3) is 3.04. The number of fused-ring (bicyclic) bond motifs is 1. The van der Waals surface area contributed by atoms with E-state index in [0.29, 0.717) is 17.5 Å². The van der Waals surface area contributed by atoms with Gasteiger partial charge in [0.15, 0.2) is 5.65 Å². The van der Waals surface area contributed by atoms with Gasteiger partial charge < -0.3 is 10.6 Å². The molecule has 0 saturated heterocycles. The molecule has 0 aliphatic heterocycles. The third-order valence-electron chi connectivity index (χ3n) is 2.47. The van der Waals surface area contributed by atoms with E-state index in [1.807, 2.05) is 0 Å². The summed E-state index contributed by atoms with van der Waals surface area (Å²) in [5, 5.41) is 6.75. The van der Waals surface area contributed by atoms with E-state index >= 15 is 0 Å². The highest BCUT2D eigenvalue weighted by Crippen LogP contribution is 2.26. The van der Waals surface area contributed by atoms with Gasteiger partial charge in [-0.1, -0.05) is 6.92 Å². The number of H-pyrrole nitrogens is 1. The van der Waals surface area contributed by atoms with Crippen LogP contribution in [0.2, 0.25) is 0 Å². The quantitative estimate of drug-likeness (QED) is 0.886. The molecule has 0 aliphatic rings. The molecule has 0 fully saturated rings. The van der Waals surface area contributed by atoms with Gasteiger partial charge in [0.25, 0.3) is 0 Å². The Hall–Kier alpha value is -2.06. The maximum Gasteiger partial charge on any atom is 0.405 e. The van der Waals surface area contributed by atoms with Crippen LogP contribution in [0.5, 0.6) is 0 Å². The van der Waals surface area contributed by atoms with E-state index in [0.717, 1.165) is 4.90 Å². The van der Waals surface area contributed by atoms with Gasteiger partial charge >= 0.3 is 6.18 Å². The Morgan fingerprint density at radius 3 is 2.74 bits per heavy atom. The molecular formula is C10H13F3N6. The van der Waals surface area contributed by atoms with E-state index in [-0.39, 0.29) is 18.3 Å². The summed E-state index contributed by atoms with van der Waals surface area (Å²) in [5.74, 6) is 0.0606. The van der Waals surface area contributed by atoms with Crippen molar-refractivity contribution in [1.82, 2.24) is 20.2 Å². The molecule has 2 heterocycles. The summed E-state index contributed by atoms with van der Waals surface area (Å²) in [6.07, 6.45) is -2.37. The maximum atomic E-state index is 12.6. The number of aromatic amines is 1. The minimum Gasteiger partial charge on any atom is -0.368 e. The van der Waals surface area contributed by atoms with Crippen molar-refractivity contribution in [3.8, 4) is 0 Å². The normalized spacial score (nSPS) is 12.0. The number of aromatic nitrogens is 4. The maximum absolute atomic E-state index is 12.6. The van der Waals surface area contributed by atoms with Gasteiger partial charge in [0.2, 0.25) is 5.95 Å². The van der Waals surface area contributed by atoms with Gasteiger partial charge in [-0.2, -0.15) is 28.2 Å². The number of nitrogens with one attached hydrogen (secondary N) is 1. The number of rotatable bonds is 4. The summed E-state index contributed by atoms with van der Waals surface area (Å²) in [6, 6.07) is 0. The van der Waals surface area contributed by atoms with Crippen LogP contribution in [0.3, 0.4) is 0 Å². The zero-order chi connectivity index (χ0) is 14.0. The standard InChI is InChI=1S/C10H13F3N6/c1-2-3-19(5-10(11,12)13)8-6-4-15-18-7(6)16-9(14)17-8/h4H,2-3,5H2,1H3,(H3,14,15,16,17,18). The number of halogens is 3. The smallest absolute Gasteiger partial charge is 0.368 e. The Kier molecular flexibility index (Phi) is 3.45. The van der Waals surface area contributed by atoms with Crippen molar-refractivity contribution in [2.24, 2.45) is 0 Å². The lowest BCUT2D eigenvalue weighted by molar-refractivity contribution is -0.119. The molecule has 2 aromatic rings. The minimum absolute atomic E-state index is 0.0879. The molecule has 2 aromatic heterocycles. The Bertz CT molecular complexity index is 564. The molecule has 6 nitrogen and oxygen atoms in total. The number of anilines is 2. The molecule has 0 aliphatic carbocycles. The first-order valence-corrected chi connectivity index (χ1v) is 5.69.